The number of halogens is 3. The fourth-order valence-electron chi connectivity index (χ4n) is 4.90. The number of nitrogens with zero attached hydrogens (tertiary/aromatic N) is 2. The van der Waals surface area contributed by atoms with Crippen LogP contribution in [0.15, 0.2) is 53.9 Å². The van der Waals surface area contributed by atoms with E-state index < -0.39 is 17.3 Å². The van der Waals surface area contributed by atoms with E-state index in [0.717, 1.165) is 18.6 Å². The van der Waals surface area contributed by atoms with Crippen LogP contribution in [-0.4, -0.2) is 60.2 Å². The Labute approximate surface area is 236 Å². The van der Waals surface area contributed by atoms with E-state index in [4.69, 9.17) is 9.47 Å². The number of hydrogen-bond donors (Lipinski definition) is 0. The Morgan fingerprint density at radius 1 is 1.12 bits per heavy atom. The van der Waals surface area contributed by atoms with Crippen molar-refractivity contribution in [1.82, 2.24) is 9.80 Å². The van der Waals surface area contributed by atoms with Crippen molar-refractivity contribution >= 4 is 33.3 Å². The molecule has 0 N–H and O–H groups in total. The highest BCUT2D eigenvalue weighted by molar-refractivity contribution is 7.17. The molecule has 6 nitrogen and oxygen atoms in total. The van der Waals surface area contributed by atoms with Gasteiger partial charge in [-0.15, -0.1) is 11.3 Å². The van der Waals surface area contributed by atoms with Gasteiger partial charge in [0.1, 0.15) is 5.54 Å². The normalized spacial score (nSPS) is 17.5. The number of carbonyl (C=O) groups excluding carboxylic acids is 2. The number of amides is 1. The van der Waals surface area contributed by atoms with Crippen LogP contribution in [0.4, 0.5) is 13.2 Å². The lowest BCUT2D eigenvalue weighted by molar-refractivity contribution is -0.162. The van der Waals surface area contributed by atoms with Gasteiger partial charge >= 0.3 is 12.1 Å². The molecule has 1 atom stereocenters. The molecule has 0 spiro atoms. The van der Waals surface area contributed by atoms with E-state index in [9.17, 15) is 22.8 Å². The molecule has 4 rings (SSSR count). The van der Waals surface area contributed by atoms with Gasteiger partial charge in [0.2, 0.25) is 5.91 Å². The van der Waals surface area contributed by atoms with Crippen LogP contribution in [0.25, 0.3) is 10.1 Å². The molecule has 0 radical (unpaired) electrons. The van der Waals surface area contributed by atoms with Crippen LogP contribution in [0.3, 0.4) is 0 Å². The molecule has 1 amide bonds. The third-order valence-electron chi connectivity index (χ3n) is 7.41. The van der Waals surface area contributed by atoms with Crippen LogP contribution in [0.2, 0.25) is 0 Å². The lowest BCUT2D eigenvalue weighted by atomic mass is 9.85. The van der Waals surface area contributed by atoms with Gasteiger partial charge in [-0.25, -0.2) is 0 Å². The molecule has 216 valence electrons. The number of hydrogen-bond acceptors (Lipinski definition) is 6. The molecular weight excluding hydrogens is 541 g/mol. The Bertz CT molecular complexity index is 1290. The second-order valence-corrected chi connectivity index (χ2v) is 11.1. The topological polar surface area (TPSA) is 59.1 Å². The first-order chi connectivity index (χ1) is 19.1. The molecule has 0 aliphatic carbocycles. The van der Waals surface area contributed by atoms with E-state index in [1.54, 1.807) is 23.2 Å². The summed E-state index contributed by atoms with van der Waals surface area (Å²) in [5.41, 5.74) is 0.310. The number of esters is 1. The number of rotatable bonds is 13. The predicted octanol–water partition coefficient (Wildman–Crippen LogP) is 6.27. The monoisotopic (exact) mass is 576 g/mol. The predicted molar refractivity (Wildman–Crippen MR) is 149 cm³/mol. The van der Waals surface area contributed by atoms with E-state index in [-0.39, 0.29) is 38.0 Å². The molecule has 1 aliphatic rings. The number of alkyl halides is 3. The SMILES string of the molecule is CCOC(=O)CCCN(Cc1ccc(C(F)(F)F)cc1)C(=O)C1(C)CCN1COCCc1csc2ccccc12. The van der Waals surface area contributed by atoms with Gasteiger partial charge in [0, 0.05) is 30.8 Å². The smallest absolute Gasteiger partial charge is 0.416 e. The molecule has 40 heavy (non-hydrogen) atoms. The molecular formula is C30H35F3N2O4S. The Morgan fingerprint density at radius 3 is 2.55 bits per heavy atom. The largest absolute Gasteiger partial charge is 0.466 e. The highest BCUT2D eigenvalue weighted by atomic mass is 32.1. The van der Waals surface area contributed by atoms with Gasteiger partial charge in [-0.3, -0.25) is 14.5 Å². The summed E-state index contributed by atoms with van der Waals surface area (Å²) in [4.78, 5) is 29.3. The zero-order valence-corrected chi connectivity index (χ0v) is 23.7. The van der Waals surface area contributed by atoms with Crippen LogP contribution in [0.1, 0.15) is 49.8 Å². The van der Waals surface area contributed by atoms with Crippen molar-refractivity contribution in [2.75, 3.05) is 33.0 Å². The average Bonchev–Trinajstić information content (AvgIpc) is 3.34. The van der Waals surface area contributed by atoms with E-state index >= 15 is 0 Å². The second-order valence-electron chi connectivity index (χ2n) is 10.2. The van der Waals surface area contributed by atoms with E-state index in [1.165, 1.54) is 27.8 Å². The van der Waals surface area contributed by atoms with Crippen molar-refractivity contribution in [3.05, 3.63) is 70.6 Å². The summed E-state index contributed by atoms with van der Waals surface area (Å²) in [6, 6.07) is 13.1. The molecule has 1 saturated heterocycles. The van der Waals surface area contributed by atoms with Crippen molar-refractivity contribution in [1.29, 1.82) is 0 Å². The van der Waals surface area contributed by atoms with Crippen LogP contribution in [0.5, 0.6) is 0 Å². The van der Waals surface area contributed by atoms with E-state index in [0.29, 0.717) is 38.3 Å². The van der Waals surface area contributed by atoms with Crippen LogP contribution in [-0.2, 0) is 38.2 Å². The number of fused-ring (bicyclic) bond motifs is 1. The molecule has 10 heteroatoms. The lowest BCUT2D eigenvalue weighted by Crippen LogP contribution is -2.66. The van der Waals surface area contributed by atoms with Crippen LogP contribution >= 0.6 is 11.3 Å². The molecule has 0 bridgehead atoms. The van der Waals surface area contributed by atoms with Crippen molar-refractivity contribution in [3.63, 3.8) is 0 Å². The molecule has 3 aromatic rings. The van der Waals surface area contributed by atoms with Gasteiger partial charge in [0.05, 0.1) is 25.5 Å². The maximum atomic E-state index is 13.8. The maximum Gasteiger partial charge on any atom is 0.416 e. The third-order valence-corrected chi connectivity index (χ3v) is 8.42. The quantitative estimate of drug-likeness (QED) is 0.177. The average molecular weight is 577 g/mol. The highest BCUT2D eigenvalue weighted by Gasteiger charge is 2.48. The number of benzene rings is 2. The zero-order valence-electron chi connectivity index (χ0n) is 22.8. The molecule has 1 unspecified atom stereocenters. The standard InChI is InChI=1S/C30H35F3N2O4S/c1-3-39-27(36)9-6-16-34(19-22-10-12-24(13-11-22)30(31,32)33)28(37)29(2)15-17-35(29)21-38-18-14-23-20-40-26-8-5-4-7-25(23)26/h4-5,7-8,10-13,20H,3,6,9,14-19,21H2,1-2H3. The first kappa shape index (κ1) is 30.0. The fraction of sp³-hybridized carbons (Fsp3) is 0.467. The molecule has 1 aliphatic heterocycles. The summed E-state index contributed by atoms with van der Waals surface area (Å²) in [7, 11) is 0. The maximum absolute atomic E-state index is 13.8. The zero-order chi connectivity index (χ0) is 28.8. The van der Waals surface area contributed by atoms with Gasteiger partial charge in [-0.2, -0.15) is 13.2 Å². The number of carbonyl (C=O) groups is 2. The molecule has 2 heterocycles. The van der Waals surface area contributed by atoms with Crippen molar-refractivity contribution < 1.29 is 32.2 Å². The van der Waals surface area contributed by atoms with Gasteiger partial charge in [0.25, 0.3) is 0 Å². The van der Waals surface area contributed by atoms with Crippen LogP contribution < -0.4 is 0 Å². The van der Waals surface area contributed by atoms with Crippen molar-refractivity contribution in [2.24, 2.45) is 0 Å². The van der Waals surface area contributed by atoms with E-state index in [2.05, 4.69) is 17.5 Å². The Balaban J connectivity index is 1.37. The fourth-order valence-corrected chi connectivity index (χ4v) is 5.90. The highest BCUT2D eigenvalue weighted by Crippen LogP contribution is 2.34. The minimum absolute atomic E-state index is 0.130. The third kappa shape index (κ3) is 7.21. The molecule has 1 fully saturated rings. The Kier molecular flexibility index (Phi) is 9.86. The Hall–Kier alpha value is -2.95. The van der Waals surface area contributed by atoms with Gasteiger partial charge in [-0.05, 0) is 73.2 Å². The molecule has 2 aromatic carbocycles. The number of thiophene rings is 1. The minimum Gasteiger partial charge on any atom is -0.466 e. The summed E-state index contributed by atoms with van der Waals surface area (Å²) in [5.74, 6) is -0.470. The number of ether oxygens (including phenoxy) is 2. The van der Waals surface area contributed by atoms with Crippen molar-refractivity contribution in [2.45, 2.75) is 57.8 Å². The summed E-state index contributed by atoms with van der Waals surface area (Å²) in [6.07, 6.45) is -2.45. The van der Waals surface area contributed by atoms with Crippen molar-refractivity contribution in [3.8, 4) is 0 Å². The van der Waals surface area contributed by atoms with E-state index in [1.807, 2.05) is 24.0 Å². The summed E-state index contributed by atoms with van der Waals surface area (Å²) < 4.78 is 51.3. The van der Waals surface area contributed by atoms with Gasteiger partial charge in [-0.1, -0.05) is 30.3 Å². The number of likely N-dealkylation sites (tertiary alicyclic amines) is 1. The molecule has 0 saturated carbocycles. The van der Waals surface area contributed by atoms with Gasteiger partial charge < -0.3 is 14.4 Å². The minimum atomic E-state index is -4.43. The summed E-state index contributed by atoms with van der Waals surface area (Å²) in [5, 5.41) is 3.39. The Morgan fingerprint density at radius 2 is 1.88 bits per heavy atom. The summed E-state index contributed by atoms with van der Waals surface area (Å²) >= 11 is 1.71. The first-order valence-corrected chi connectivity index (χ1v) is 14.4. The lowest BCUT2D eigenvalue weighted by Gasteiger charge is -2.50. The first-order valence-electron chi connectivity index (χ1n) is 13.5. The summed E-state index contributed by atoms with van der Waals surface area (Å²) in [6.45, 7) is 5.86. The van der Waals surface area contributed by atoms with Crippen LogP contribution in [0, 0.1) is 0 Å². The van der Waals surface area contributed by atoms with Gasteiger partial charge in [0.15, 0.2) is 0 Å². The molecule has 1 aromatic heterocycles. The second kappa shape index (κ2) is 13.1.